The normalized spacial score (nSPS) is 11.5. The second-order valence-corrected chi connectivity index (χ2v) is 8.35. The molecule has 8 heteroatoms. The molecule has 1 aromatic heterocycles. The van der Waals surface area contributed by atoms with Crippen LogP contribution in [0.1, 0.15) is 47.8 Å². The summed E-state index contributed by atoms with van der Waals surface area (Å²) in [5.74, 6) is -0.634. The van der Waals surface area contributed by atoms with E-state index in [1.165, 1.54) is 46.7 Å². The molecule has 0 spiro atoms. The molecular weight excluding hydrogens is 408 g/mol. The number of nitro groups is 1. The smallest absolute Gasteiger partial charge is 0.276 e. The molecule has 0 radical (unpaired) electrons. The highest BCUT2D eigenvalue weighted by Gasteiger charge is 2.14. The molecule has 0 aliphatic rings. The first-order chi connectivity index (χ1) is 15.1. The molecule has 1 N–H and O–H groups in total. The van der Waals surface area contributed by atoms with Gasteiger partial charge in [-0.3, -0.25) is 19.7 Å². The first-order valence-corrected chi connectivity index (χ1v) is 10.0. The minimum absolute atomic E-state index is 0.0281. The van der Waals surface area contributed by atoms with E-state index in [0.717, 1.165) is 5.56 Å². The molecule has 32 heavy (non-hydrogen) atoms. The minimum Gasteiger partial charge on any atom is -0.310 e. The van der Waals surface area contributed by atoms with Crippen LogP contribution in [0.25, 0.3) is 0 Å². The van der Waals surface area contributed by atoms with Gasteiger partial charge >= 0.3 is 0 Å². The van der Waals surface area contributed by atoms with Crippen LogP contribution in [-0.4, -0.2) is 21.6 Å². The highest BCUT2D eigenvalue weighted by molar-refractivity contribution is 5.94. The van der Waals surface area contributed by atoms with E-state index < -0.39 is 16.4 Å². The van der Waals surface area contributed by atoms with E-state index in [2.05, 4.69) is 31.3 Å². The van der Waals surface area contributed by atoms with Gasteiger partial charge in [-0.05, 0) is 46.4 Å². The lowest BCUT2D eigenvalue weighted by Gasteiger charge is -2.19. The number of benzene rings is 2. The van der Waals surface area contributed by atoms with Crippen LogP contribution in [0, 0.1) is 10.1 Å². The van der Waals surface area contributed by atoms with Crippen LogP contribution in [-0.2, 0) is 12.0 Å². The molecule has 1 amide bonds. The molecule has 1 heterocycles. The molecule has 0 atom stereocenters. The number of hydrazone groups is 1. The fraction of sp³-hybridized carbons (Fsp3) is 0.208. The van der Waals surface area contributed by atoms with Gasteiger partial charge in [0.05, 0.1) is 17.7 Å². The average Bonchev–Trinajstić information content (AvgIpc) is 2.75. The van der Waals surface area contributed by atoms with E-state index in [4.69, 9.17) is 0 Å². The summed E-state index contributed by atoms with van der Waals surface area (Å²) in [4.78, 5) is 35.4. The third-order valence-electron chi connectivity index (χ3n) is 4.92. The second-order valence-electron chi connectivity index (χ2n) is 8.35. The Bertz CT molecular complexity index is 1200. The number of carbonyl (C=O) groups is 1. The molecule has 3 rings (SSSR count). The second kappa shape index (κ2) is 9.38. The van der Waals surface area contributed by atoms with Crippen molar-refractivity contribution < 1.29 is 9.72 Å². The van der Waals surface area contributed by atoms with Gasteiger partial charge in [-0.1, -0.05) is 45.0 Å². The van der Waals surface area contributed by atoms with Gasteiger partial charge < -0.3 is 4.57 Å². The van der Waals surface area contributed by atoms with Crippen LogP contribution in [0.5, 0.6) is 0 Å². The molecule has 0 saturated heterocycles. The molecule has 164 valence electrons. The number of carbonyl (C=O) groups excluding carboxylic acids is 1. The predicted molar refractivity (Wildman–Crippen MR) is 123 cm³/mol. The zero-order valence-corrected chi connectivity index (χ0v) is 18.1. The van der Waals surface area contributed by atoms with E-state index in [1.54, 1.807) is 12.3 Å². The molecule has 0 fully saturated rings. The number of nitro benzene ring substituents is 1. The SMILES string of the molecule is CC(C)(C)c1ccc(Cn2cccc(C(=O)N/N=C\c3ccc([N+](=O)[O-])cc3)c2=O)cc1. The number of aromatic nitrogens is 1. The van der Waals surface area contributed by atoms with E-state index >= 15 is 0 Å². The third-order valence-corrected chi connectivity index (χ3v) is 4.92. The predicted octanol–water partition coefficient (Wildman–Crippen LogP) is 3.87. The largest absolute Gasteiger partial charge is 0.310 e. The van der Waals surface area contributed by atoms with Gasteiger partial charge in [-0.25, -0.2) is 5.43 Å². The molecule has 2 aromatic carbocycles. The van der Waals surface area contributed by atoms with Crippen molar-refractivity contribution in [2.75, 3.05) is 0 Å². The molecular formula is C24H24N4O4. The molecule has 0 unspecified atom stereocenters. The Hall–Kier alpha value is -4.07. The number of pyridine rings is 1. The van der Waals surface area contributed by atoms with Gasteiger partial charge in [0.2, 0.25) is 0 Å². The lowest BCUT2D eigenvalue weighted by molar-refractivity contribution is -0.384. The van der Waals surface area contributed by atoms with Crippen LogP contribution in [0.2, 0.25) is 0 Å². The molecule has 0 saturated carbocycles. The summed E-state index contributed by atoms with van der Waals surface area (Å²) in [6, 6.07) is 16.8. The van der Waals surface area contributed by atoms with Gasteiger partial charge in [0, 0.05) is 18.3 Å². The zero-order chi connectivity index (χ0) is 23.3. The minimum atomic E-state index is -0.634. The van der Waals surface area contributed by atoms with E-state index in [1.807, 2.05) is 24.3 Å². The van der Waals surface area contributed by atoms with Gasteiger partial charge in [-0.2, -0.15) is 5.10 Å². The van der Waals surface area contributed by atoms with E-state index in [9.17, 15) is 19.7 Å². The standard InChI is InChI=1S/C24H24N4O4/c1-24(2,3)19-10-6-18(7-11-19)16-27-14-4-5-21(23(27)30)22(29)26-25-15-17-8-12-20(13-9-17)28(31)32/h4-15H,16H2,1-3H3,(H,26,29)/b25-15-. The summed E-state index contributed by atoms with van der Waals surface area (Å²) < 4.78 is 1.47. The highest BCUT2D eigenvalue weighted by atomic mass is 16.6. The van der Waals surface area contributed by atoms with Crippen molar-refractivity contribution in [1.82, 2.24) is 9.99 Å². The van der Waals surface area contributed by atoms with Gasteiger partial charge in [0.15, 0.2) is 0 Å². The van der Waals surface area contributed by atoms with Gasteiger partial charge in [-0.15, -0.1) is 0 Å². The number of hydrogen-bond donors (Lipinski definition) is 1. The summed E-state index contributed by atoms with van der Waals surface area (Å²) in [5.41, 5.74) is 4.60. The summed E-state index contributed by atoms with van der Waals surface area (Å²) >= 11 is 0. The summed E-state index contributed by atoms with van der Waals surface area (Å²) in [5, 5.41) is 14.5. The fourth-order valence-corrected chi connectivity index (χ4v) is 3.05. The molecule has 8 nitrogen and oxygen atoms in total. The molecule has 0 aliphatic heterocycles. The Labute approximate surface area is 185 Å². The first-order valence-electron chi connectivity index (χ1n) is 10.0. The van der Waals surface area contributed by atoms with Crippen LogP contribution in [0.3, 0.4) is 0 Å². The summed E-state index contributed by atoms with van der Waals surface area (Å²) in [7, 11) is 0. The van der Waals surface area contributed by atoms with Crippen molar-refractivity contribution in [3.05, 3.63) is 110 Å². The summed E-state index contributed by atoms with van der Waals surface area (Å²) in [6.07, 6.45) is 2.98. The van der Waals surface area contributed by atoms with Crippen LogP contribution in [0.15, 0.2) is 76.8 Å². The number of amides is 1. The monoisotopic (exact) mass is 432 g/mol. The number of hydrogen-bond acceptors (Lipinski definition) is 5. The van der Waals surface area contributed by atoms with Crippen molar-refractivity contribution in [3.8, 4) is 0 Å². The van der Waals surface area contributed by atoms with Crippen molar-refractivity contribution in [2.24, 2.45) is 5.10 Å². The van der Waals surface area contributed by atoms with E-state index in [-0.39, 0.29) is 16.7 Å². The van der Waals surface area contributed by atoms with Crippen molar-refractivity contribution in [3.63, 3.8) is 0 Å². The van der Waals surface area contributed by atoms with Crippen LogP contribution >= 0.6 is 0 Å². The molecule has 0 bridgehead atoms. The lowest BCUT2D eigenvalue weighted by atomic mass is 9.87. The Morgan fingerprint density at radius 2 is 1.75 bits per heavy atom. The van der Waals surface area contributed by atoms with Gasteiger partial charge in [0.25, 0.3) is 17.2 Å². The van der Waals surface area contributed by atoms with E-state index in [0.29, 0.717) is 12.1 Å². The molecule has 3 aromatic rings. The highest BCUT2D eigenvalue weighted by Crippen LogP contribution is 2.22. The van der Waals surface area contributed by atoms with Crippen molar-refractivity contribution in [1.29, 1.82) is 0 Å². The number of rotatable bonds is 6. The van der Waals surface area contributed by atoms with Crippen LogP contribution < -0.4 is 11.0 Å². The van der Waals surface area contributed by atoms with Gasteiger partial charge in [0.1, 0.15) is 5.56 Å². The maximum absolute atomic E-state index is 12.8. The Balaban J connectivity index is 1.69. The van der Waals surface area contributed by atoms with Crippen molar-refractivity contribution in [2.45, 2.75) is 32.7 Å². The Morgan fingerprint density at radius 1 is 1.09 bits per heavy atom. The van der Waals surface area contributed by atoms with Crippen LogP contribution in [0.4, 0.5) is 5.69 Å². The third kappa shape index (κ3) is 5.54. The van der Waals surface area contributed by atoms with Crippen molar-refractivity contribution >= 4 is 17.8 Å². The maximum Gasteiger partial charge on any atom is 0.276 e. The average molecular weight is 432 g/mol. The number of nitrogens with one attached hydrogen (secondary N) is 1. The first kappa shape index (κ1) is 22.6. The quantitative estimate of drug-likeness (QED) is 0.362. The topological polar surface area (TPSA) is 107 Å². The lowest BCUT2D eigenvalue weighted by Crippen LogP contribution is -2.30. The summed E-state index contributed by atoms with van der Waals surface area (Å²) in [6.45, 7) is 6.76. The number of non-ortho nitro benzene ring substituents is 1. The Kier molecular flexibility index (Phi) is 6.63. The number of nitrogens with zero attached hydrogens (tertiary/aromatic N) is 3. The Morgan fingerprint density at radius 3 is 2.34 bits per heavy atom. The molecule has 0 aliphatic carbocycles. The maximum atomic E-state index is 12.8. The fourth-order valence-electron chi connectivity index (χ4n) is 3.05. The zero-order valence-electron chi connectivity index (χ0n) is 18.1.